The molecule has 2 aliphatic heterocycles. The molecule has 1 saturated carbocycles. The van der Waals surface area contributed by atoms with Gasteiger partial charge in [0.1, 0.15) is 0 Å². The second kappa shape index (κ2) is 4.99. The number of nitrogens with zero attached hydrogens (tertiary/aromatic N) is 2. The van der Waals surface area contributed by atoms with Crippen molar-refractivity contribution >= 4 is 5.97 Å². The van der Waals surface area contributed by atoms with Crippen LogP contribution in [0.4, 0.5) is 0 Å². The van der Waals surface area contributed by atoms with Gasteiger partial charge in [-0.2, -0.15) is 0 Å². The van der Waals surface area contributed by atoms with Gasteiger partial charge in [-0.15, -0.1) is 0 Å². The number of carboxylic acids is 1. The number of hydrogen-bond acceptors (Lipinski definition) is 3. The maximum absolute atomic E-state index is 11.7. The molecule has 0 amide bonds. The van der Waals surface area contributed by atoms with Crippen molar-refractivity contribution in [1.29, 1.82) is 0 Å². The molecule has 0 aromatic rings. The first-order valence-electron chi connectivity index (χ1n) is 8.17. The molecule has 0 radical (unpaired) electrons. The van der Waals surface area contributed by atoms with Crippen molar-refractivity contribution in [2.45, 2.75) is 64.6 Å². The molecule has 3 aliphatic rings. The number of rotatable bonds is 4. The topological polar surface area (TPSA) is 43.8 Å². The van der Waals surface area contributed by atoms with E-state index < -0.39 is 11.4 Å². The monoisotopic (exact) mass is 280 g/mol. The molecule has 0 spiro atoms. The third-order valence-corrected chi connectivity index (χ3v) is 5.99. The van der Waals surface area contributed by atoms with Crippen LogP contribution in [0.2, 0.25) is 0 Å². The maximum Gasteiger partial charge on any atom is 0.311 e. The van der Waals surface area contributed by atoms with E-state index in [1.54, 1.807) is 0 Å². The van der Waals surface area contributed by atoms with Crippen molar-refractivity contribution < 1.29 is 9.90 Å². The third kappa shape index (κ3) is 2.27. The highest BCUT2D eigenvalue weighted by Gasteiger charge is 2.50. The predicted molar refractivity (Wildman–Crippen MR) is 78.7 cm³/mol. The molecule has 4 nitrogen and oxygen atoms in total. The first kappa shape index (κ1) is 14.3. The van der Waals surface area contributed by atoms with Crippen LogP contribution in [0.1, 0.15) is 46.5 Å². The molecule has 0 aromatic carbocycles. The maximum atomic E-state index is 11.7. The highest BCUT2D eigenvalue weighted by molar-refractivity contribution is 5.75. The van der Waals surface area contributed by atoms with Gasteiger partial charge < -0.3 is 5.11 Å². The highest BCUT2D eigenvalue weighted by atomic mass is 16.4. The smallest absolute Gasteiger partial charge is 0.311 e. The Balaban J connectivity index is 1.66. The van der Waals surface area contributed by atoms with Crippen molar-refractivity contribution in [3.63, 3.8) is 0 Å². The first-order chi connectivity index (χ1) is 9.44. The Morgan fingerprint density at radius 1 is 1.30 bits per heavy atom. The average Bonchev–Trinajstić information content (AvgIpc) is 2.98. The second-order valence-corrected chi connectivity index (χ2v) is 7.50. The van der Waals surface area contributed by atoms with Gasteiger partial charge in [-0.3, -0.25) is 14.6 Å². The normalized spacial score (nSPS) is 39.8. The van der Waals surface area contributed by atoms with E-state index in [4.69, 9.17) is 0 Å². The number of likely N-dealkylation sites (tertiary alicyclic amines) is 2. The van der Waals surface area contributed by atoms with E-state index in [0.717, 1.165) is 32.1 Å². The molecule has 0 bridgehead atoms. The van der Waals surface area contributed by atoms with Gasteiger partial charge in [0.05, 0.1) is 5.41 Å². The third-order valence-electron chi connectivity index (χ3n) is 5.99. The molecule has 1 N–H and O–H groups in total. The minimum absolute atomic E-state index is 0.211. The fourth-order valence-corrected chi connectivity index (χ4v) is 4.27. The quantitative estimate of drug-likeness (QED) is 0.856. The van der Waals surface area contributed by atoms with Crippen LogP contribution in [0, 0.1) is 11.3 Å². The minimum Gasteiger partial charge on any atom is -0.481 e. The molecule has 4 heteroatoms. The lowest BCUT2D eigenvalue weighted by Gasteiger charge is -2.30. The Morgan fingerprint density at radius 2 is 2.00 bits per heavy atom. The van der Waals surface area contributed by atoms with Gasteiger partial charge in [-0.05, 0) is 45.1 Å². The minimum atomic E-state index is -0.597. The molecule has 2 heterocycles. The molecule has 1 aliphatic carbocycles. The van der Waals surface area contributed by atoms with Crippen molar-refractivity contribution in [3.8, 4) is 0 Å². The van der Waals surface area contributed by atoms with Gasteiger partial charge in [0.15, 0.2) is 0 Å². The van der Waals surface area contributed by atoms with Crippen molar-refractivity contribution in [3.05, 3.63) is 0 Å². The van der Waals surface area contributed by atoms with Gasteiger partial charge in [0, 0.05) is 31.2 Å². The second-order valence-electron chi connectivity index (χ2n) is 7.50. The summed E-state index contributed by atoms with van der Waals surface area (Å²) in [6, 6.07) is 2.07. The van der Waals surface area contributed by atoms with Gasteiger partial charge in [-0.1, -0.05) is 13.8 Å². The number of hydrogen-bond donors (Lipinski definition) is 1. The summed E-state index contributed by atoms with van der Waals surface area (Å²) in [5.74, 6) is -0.386. The summed E-state index contributed by atoms with van der Waals surface area (Å²) in [5.41, 5.74) is -0.518. The SMILES string of the molecule is CC1CC(N2CCC(C(=O)O)(C(C)C)C2)CN1C1CC1. The average molecular weight is 280 g/mol. The van der Waals surface area contributed by atoms with Gasteiger partial charge in [0.2, 0.25) is 0 Å². The fraction of sp³-hybridized carbons (Fsp3) is 0.938. The standard InChI is InChI=1S/C16H28N2O2/c1-11(2)16(15(19)20)6-7-17(10-16)14-8-12(3)18(9-14)13-4-5-13/h11-14H,4-10H2,1-3H3,(H,19,20). The molecule has 0 aromatic heterocycles. The largest absolute Gasteiger partial charge is 0.481 e. The van der Waals surface area contributed by atoms with E-state index in [9.17, 15) is 9.90 Å². The van der Waals surface area contributed by atoms with Crippen molar-refractivity contribution in [1.82, 2.24) is 9.80 Å². The molecule has 3 rings (SSSR count). The lowest BCUT2D eigenvalue weighted by atomic mass is 9.76. The lowest BCUT2D eigenvalue weighted by molar-refractivity contribution is -0.151. The molecule has 3 atom stereocenters. The number of carbonyl (C=O) groups is 1. The zero-order valence-electron chi connectivity index (χ0n) is 13.0. The van der Waals surface area contributed by atoms with Crippen LogP contribution in [0.15, 0.2) is 0 Å². The van der Waals surface area contributed by atoms with E-state index >= 15 is 0 Å². The van der Waals surface area contributed by atoms with E-state index in [2.05, 4.69) is 30.6 Å². The van der Waals surface area contributed by atoms with E-state index in [0.29, 0.717) is 12.1 Å². The summed E-state index contributed by atoms with van der Waals surface area (Å²) >= 11 is 0. The van der Waals surface area contributed by atoms with Crippen LogP contribution in [0.25, 0.3) is 0 Å². The first-order valence-corrected chi connectivity index (χ1v) is 8.17. The Hall–Kier alpha value is -0.610. The van der Waals surface area contributed by atoms with E-state index in [1.165, 1.54) is 19.3 Å². The van der Waals surface area contributed by atoms with Crippen LogP contribution in [-0.2, 0) is 4.79 Å². The summed E-state index contributed by atoms with van der Waals surface area (Å²) in [6.07, 6.45) is 4.75. The Morgan fingerprint density at radius 3 is 2.50 bits per heavy atom. The Kier molecular flexibility index (Phi) is 3.57. The summed E-state index contributed by atoms with van der Waals surface area (Å²) < 4.78 is 0. The molecule has 2 saturated heterocycles. The van der Waals surface area contributed by atoms with Crippen molar-refractivity contribution in [2.75, 3.05) is 19.6 Å². The molecule has 20 heavy (non-hydrogen) atoms. The van der Waals surface area contributed by atoms with Crippen LogP contribution in [-0.4, -0.2) is 58.6 Å². The van der Waals surface area contributed by atoms with Crippen LogP contribution < -0.4 is 0 Å². The molecule has 114 valence electrons. The molecule has 3 fully saturated rings. The Bertz CT molecular complexity index is 394. The summed E-state index contributed by atoms with van der Waals surface area (Å²) in [6.45, 7) is 9.31. The van der Waals surface area contributed by atoms with Crippen molar-refractivity contribution in [2.24, 2.45) is 11.3 Å². The predicted octanol–water partition coefficient (Wildman–Crippen LogP) is 2.04. The lowest BCUT2D eigenvalue weighted by Crippen LogP contribution is -2.42. The van der Waals surface area contributed by atoms with Crippen LogP contribution in [0.3, 0.4) is 0 Å². The fourth-order valence-electron chi connectivity index (χ4n) is 4.27. The molecular formula is C16H28N2O2. The zero-order chi connectivity index (χ0) is 14.5. The van der Waals surface area contributed by atoms with E-state index in [1.807, 2.05) is 0 Å². The van der Waals surface area contributed by atoms with Crippen LogP contribution >= 0.6 is 0 Å². The van der Waals surface area contributed by atoms with Crippen LogP contribution in [0.5, 0.6) is 0 Å². The summed E-state index contributed by atoms with van der Waals surface area (Å²) in [7, 11) is 0. The van der Waals surface area contributed by atoms with E-state index in [-0.39, 0.29) is 5.92 Å². The summed E-state index contributed by atoms with van der Waals surface area (Å²) in [4.78, 5) is 16.9. The zero-order valence-corrected chi connectivity index (χ0v) is 13.0. The molecular weight excluding hydrogens is 252 g/mol. The van der Waals surface area contributed by atoms with Gasteiger partial charge >= 0.3 is 5.97 Å². The molecule has 3 unspecified atom stereocenters. The number of carboxylic acid groups (broad SMARTS) is 1. The van der Waals surface area contributed by atoms with Gasteiger partial charge in [-0.25, -0.2) is 0 Å². The summed E-state index contributed by atoms with van der Waals surface area (Å²) in [5, 5.41) is 9.66. The number of aliphatic carboxylic acids is 1. The Labute approximate surface area is 122 Å². The highest BCUT2D eigenvalue weighted by Crippen LogP contribution is 2.41. The van der Waals surface area contributed by atoms with Gasteiger partial charge in [0.25, 0.3) is 0 Å².